The monoisotopic (exact) mass is 260 g/mol. The zero-order valence-corrected chi connectivity index (χ0v) is 10.0. The van der Waals surface area contributed by atoms with Crippen LogP contribution in [0, 0.1) is 0 Å². The summed E-state index contributed by atoms with van der Waals surface area (Å²) in [5, 5.41) is 0. The molecular formula is C10H16N2O4S. The predicted molar refractivity (Wildman–Crippen MR) is 66.9 cm³/mol. The highest BCUT2D eigenvalue weighted by atomic mass is 32.3. The van der Waals surface area contributed by atoms with Crippen LogP contribution in [0.15, 0.2) is 36.9 Å². The van der Waals surface area contributed by atoms with Gasteiger partial charge in [0.1, 0.15) is 0 Å². The van der Waals surface area contributed by atoms with E-state index in [2.05, 4.69) is 24.1 Å². The first-order chi connectivity index (χ1) is 7.86. The number of hydrogen-bond donors (Lipinski definition) is 4. The number of hydrogen-bond acceptors (Lipinski definition) is 4. The Balaban J connectivity index is 0.000000437. The lowest BCUT2D eigenvalue weighted by Crippen LogP contribution is -2.06. The normalized spacial score (nSPS) is 10.1. The quantitative estimate of drug-likeness (QED) is 0.282. The van der Waals surface area contributed by atoms with Gasteiger partial charge in [0.15, 0.2) is 0 Å². The van der Waals surface area contributed by atoms with E-state index in [0.717, 1.165) is 18.5 Å². The van der Waals surface area contributed by atoms with Gasteiger partial charge in [-0.05, 0) is 30.5 Å². The van der Waals surface area contributed by atoms with Gasteiger partial charge < -0.3 is 5.43 Å². The lowest BCUT2D eigenvalue weighted by molar-refractivity contribution is 0.381. The number of nitrogens with two attached hydrogens (primary N) is 1. The molecule has 0 aliphatic rings. The zero-order chi connectivity index (χ0) is 13.3. The summed E-state index contributed by atoms with van der Waals surface area (Å²) in [4.78, 5) is 0. The summed E-state index contributed by atoms with van der Waals surface area (Å²) in [5.74, 6) is 5.23. The van der Waals surface area contributed by atoms with Crippen molar-refractivity contribution >= 4 is 16.1 Å². The molecule has 0 bridgehead atoms. The number of hydrazine groups is 1. The van der Waals surface area contributed by atoms with E-state index in [9.17, 15) is 0 Å². The maximum absolute atomic E-state index is 8.74. The third-order valence-electron chi connectivity index (χ3n) is 1.76. The van der Waals surface area contributed by atoms with Gasteiger partial charge in [-0.2, -0.15) is 8.42 Å². The van der Waals surface area contributed by atoms with Crippen molar-refractivity contribution in [1.82, 2.24) is 0 Å². The Labute approximate surface area is 101 Å². The van der Waals surface area contributed by atoms with Crippen molar-refractivity contribution < 1.29 is 17.5 Å². The van der Waals surface area contributed by atoms with Crippen LogP contribution in [-0.2, 0) is 16.8 Å². The number of nitrogens with one attached hydrogen (secondary N) is 1. The Morgan fingerprint density at radius 1 is 1.29 bits per heavy atom. The average Bonchev–Trinajstić information content (AvgIpc) is 2.25. The number of benzene rings is 1. The van der Waals surface area contributed by atoms with E-state index in [0.29, 0.717) is 0 Å². The standard InChI is InChI=1S/C10H14N2.H2O4S/c1-2-3-4-9-5-7-10(12-11)8-6-9;1-5(2,3)4/h2,5-8,12H,1,3-4,11H2;(H2,1,2,3,4). The van der Waals surface area contributed by atoms with Crippen molar-refractivity contribution in [3.8, 4) is 0 Å². The molecular weight excluding hydrogens is 244 g/mol. The van der Waals surface area contributed by atoms with Gasteiger partial charge >= 0.3 is 10.4 Å². The molecule has 96 valence electrons. The first kappa shape index (κ1) is 15.6. The molecule has 17 heavy (non-hydrogen) atoms. The first-order valence-electron chi connectivity index (χ1n) is 4.73. The largest absolute Gasteiger partial charge is 0.394 e. The minimum Gasteiger partial charge on any atom is -0.324 e. The lowest BCUT2D eigenvalue weighted by Gasteiger charge is -2.01. The summed E-state index contributed by atoms with van der Waals surface area (Å²) in [5.41, 5.74) is 4.85. The van der Waals surface area contributed by atoms with Crippen LogP contribution in [0.25, 0.3) is 0 Å². The molecule has 1 aromatic carbocycles. The molecule has 0 aliphatic carbocycles. The molecule has 0 aliphatic heterocycles. The van der Waals surface area contributed by atoms with Crippen molar-refractivity contribution in [2.45, 2.75) is 12.8 Å². The molecule has 0 saturated heterocycles. The fourth-order valence-electron chi connectivity index (χ4n) is 1.04. The Hall–Kier alpha value is -1.41. The second kappa shape index (κ2) is 7.80. The molecule has 0 fully saturated rings. The average molecular weight is 260 g/mol. The van der Waals surface area contributed by atoms with Gasteiger partial charge in [0.25, 0.3) is 0 Å². The summed E-state index contributed by atoms with van der Waals surface area (Å²) in [6.45, 7) is 3.68. The predicted octanol–water partition coefficient (Wildman–Crippen LogP) is 1.44. The molecule has 0 aromatic heterocycles. The molecule has 0 unspecified atom stereocenters. The van der Waals surface area contributed by atoms with Crippen LogP contribution in [-0.4, -0.2) is 17.5 Å². The lowest BCUT2D eigenvalue weighted by atomic mass is 10.1. The Morgan fingerprint density at radius 2 is 1.76 bits per heavy atom. The molecule has 1 aromatic rings. The summed E-state index contributed by atoms with van der Waals surface area (Å²) < 4.78 is 31.6. The van der Waals surface area contributed by atoms with Crippen LogP contribution in [0.3, 0.4) is 0 Å². The minimum absolute atomic E-state index is 0.942. The van der Waals surface area contributed by atoms with Gasteiger partial charge in [0.05, 0.1) is 0 Å². The Kier molecular flexibility index (Phi) is 7.15. The van der Waals surface area contributed by atoms with Gasteiger partial charge in [-0.15, -0.1) is 6.58 Å². The van der Waals surface area contributed by atoms with E-state index < -0.39 is 10.4 Å². The van der Waals surface area contributed by atoms with Crippen LogP contribution >= 0.6 is 0 Å². The van der Waals surface area contributed by atoms with Gasteiger partial charge in [0, 0.05) is 5.69 Å². The van der Waals surface area contributed by atoms with Gasteiger partial charge in [0.2, 0.25) is 0 Å². The minimum atomic E-state index is -4.67. The van der Waals surface area contributed by atoms with Crippen molar-refractivity contribution in [3.63, 3.8) is 0 Å². The maximum Gasteiger partial charge on any atom is 0.394 e. The summed E-state index contributed by atoms with van der Waals surface area (Å²) >= 11 is 0. The van der Waals surface area contributed by atoms with Gasteiger partial charge in [-0.1, -0.05) is 18.2 Å². The zero-order valence-electron chi connectivity index (χ0n) is 9.20. The smallest absolute Gasteiger partial charge is 0.324 e. The van der Waals surface area contributed by atoms with Crippen molar-refractivity contribution in [1.29, 1.82) is 0 Å². The van der Waals surface area contributed by atoms with Crippen LogP contribution in [0.1, 0.15) is 12.0 Å². The SMILES string of the molecule is C=CCCc1ccc(NN)cc1.O=S(=O)(O)O. The van der Waals surface area contributed by atoms with E-state index in [1.807, 2.05) is 18.2 Å². The molecule has 0 radical (unpaired) electrons. The number of allylic oxidation sites excluding steroid dienone is 1. The third kappa shape index (κ3) is 10.9. The number of nitrogen functional groups attached to an aromatic ring is 1. The van der Waals surface area contributed by atoms with E-state index in [-0.39, 0.29) is 0 Å². The highest BCUT2D eigenvalue weighted by Gasteiger charge is 1.91. The van der Waals surface area contributed by atoms with E-state index in [1.165, 1.54) is 5.56 Å². The van der Waals surface area contributed by atoms with Crippen LogP contribution in [0.5, 0.6) is 0 Å². The van der Waals surface area contributed by atoms with E-state index in [1.54, 1.807) is 0 Å². The highest BCUT2D eigenvalue weighted by molar-refractivity contribution is 7.79. The maximum atomic E-state index is 8.74. The second-order valence-electron chi connectivity index (χ2n) is 3.12. The first-order valence-corrected chi connectivity index (χ1v) is 6.13. The van der Waals surface area contributed by atoms with Crippen LogP contribution in [0.4, 0.5) is 5.69 Å². The molecule has 1 rings (SSSR count). The Morgan fingerprint density at radius 3 is 2.12 bits per heavy atom. The summed E-state index contributed by atoms with van der Waals surface area (Å²) in [7, 11) is -4.67. The van der Waals surface area contributed by atoms with Crippen molar-refractivity contribution in [3.05, 3.63) is 42.5 Å². The van der Waals surface area contributed by atoms with Crippen molar-refractivity contribution in [2.75, 3.05) is 5.43 Å². The number of rotatable bonds is 4. The van der Waals surface area contributed by atoms with E-state index in [4.69, 9.17) is 23.4 Å². The molecule has 0 saturated carbocycles. The molecule has 0 amide bonds. The Bertz CT molecular complexity index is 420. The van der Waals surface area contributed by atoms with Crippen LogP contribution < -0.4 is 11.3 Å². The second-order valence-corrected chi connectivity index (χ2v) is 4.01. The number of anilines is 1. The van der Waals surface area contributed by atoms with Gasteiger partial charge in [-0.25, -0.2) is 0 Å². The van der Waals surface area contributed by atoms with Gasteiger partial charge in [-0.3, -0.25) is 14.9 Å². The topological polar surface area (TPSA) is 113 Å². The molecule has 0 heterocycles. The van der Waals surface area contributed by atoms with Crippen LogP contribution in [0.2, 0.25) is 0 Å². The fourth-order valence-corrected chi connectivity index (χ4v) is 1.04. The summed E-state index contributed by atoms with van der Waals surface area (Å²) in [6.07, 6.45) is 4.00. The number of aryl methyl sites for hydroxylation is 1. The fraction of sp³-hybridized carbons (Fsp3) is 0.200. The van der Waals surface area contributed by atoms with Crippen molar-refractivity contribution in [2.24, 2.45) is 5.84 Å². The molecule has 6 nitrogen and oxygen atoms in total. The molecule has 0 spiro atoms. The molecule has 5 N–H and O–H groups in total. The molecule has 7 heteroatoms. The summed E-state index contributed by atoms with van der Waals surface area (Å²) in [6, 6.07) is 8.08. The third-order valence-corrected chi connectivity index (χ3v) is 1.76. The van der Waals surface area contributed by atoms with E-state index >= 15 is 0 Å². The highest BCUT2D eigenvalue weighted by Crippen LogP contribution is 2.09. The molecule has 0 atom stereocenters.